The molecule has 1 amide bonds. The molecule has 4 nitrogen and oxygen atoms in total. The van der Waals surface area contributed by atoms with Gasteiger partial charge < -0.3 is 11.1 Å². The van der Waals surface area contributed by atoms with Crippen LogP contribution in [0.4, 0.5) is 0 Å². The predicted molar refractivity (Wildman–Crippen MR) is 54.8 cm³/mol. The fourth-order valence-electron chi connectivity index (χ4n) is 1.14. The number of nitrogens with one attached hydrogen (secondary N) is 1. The summed E-state index contributed by atoms with van der Waals surface area (Å²) in [6.45, 7) is 3.78. The van der Waals surface area contributed by atoms with E-state index in [4.69, 9.17) is 5.73 Å². The van der Waals surface area contributed by atoms with E-state index in [1.807, 2.05) is 13.8 Å². The van der Waals surface area contributed by atoms with Crippen LogP contribution in [0.2, 0.25) is 0 Å². The maximum absolute atomic E-state index is 10.8. The molecule has 3 N–H and O–H groups in total. The van der Waals surface area contributed by atoms with E-state index in [0.717, 1.165) is 0 Å². The van der Waals surface area contributed by atoms with Gasteiger partial charge in [0.1, 0.15) is 0 Å². The molecule has 5 heteroatoms. The number of hydrogen-bond donors (Lipinski definition) is 2. The van der Waals surface area contributed by atoms with Crippen LogP contribution in [-0.4, -0.2) is 34.2 Å². The molecular weight excluding hydrogens is 188 g/mol. The molecular formula is C8H18N2O2S. The molecule has 0 fully saturated rings. The van der Waals surface area contributed by atoms with Gasteiger partial charge in [-0.3, -0.25) is 9.00 Å². The van der Waals surface area contributed by atoms with E-state index in [1.54, 1.807) is 6.26 Å². The summed E-state index contributed by atoms with van der Waals surface area (Å²) in [4.78, 5) is 10.8. The molecule has 0 aromatic rings. The predicted octanol–water partition coefficient (Wildman–Crippen LogP) is -0.393. The largest absolute Gasteiger partial charge is 0.368 e. The number of hydrogen-bond acceptors (Lipinski definition) is 3. The lowest BCUT2D eigenvalue weighted by atomic mass is 10.2. The van der Waals surface area contributed by atoms with Gasteiger partial charge in [-0.2, -0.15) is 0 Å². The van der Waals surface area contributed by atoms with Crippen molar-refractivity contribution in [2.24, 2.45) is 5.73 Å². The Hall–Kier alpha value is -0.420. The number of nitrogens with two attached hydrogens (primary N) is 1. The first-order valence-corrected chi connectivity index (χ1v) is 6.05. The highest BCUT2D eigenvalue weighted by molar-refractivity contribution is 7.84. The van der Waals surface area contributed by atoms with E-state index in [1.165, 1.54) is 0 Å². The molecule has 0 saturated carbocycles. The zero-order valence-electron chi connectivity index (χ0n) is 8.37. The Bertz CT molecular complexity index is 197. The van der Waals surface area contributed by atoms with Crippen molar-refractivity contribution in [2.45, 2.75) is 32.4 Å². The molecule has 78 valence electrons. The third kappa shape index (κ3) is 5.76. The highest BCUT2D eigenvalue weighted by Crippen LogP contribution is 1.94. The van der Waals surface area contributed by atoms with Crippen molar-refractivity contribution in [2.75, 3.05) is 12.0 Å². The van der Waals surface area contributed by atoms with E-state index >= 15 is 0 Å². The SMILES string of the molecule is CCC(NC(C)CS(C)=O)C(N)=O. The van der Waals surface area contributed by atoms with Crippen LogP contribution in [0.3, 0.4) is 0 Å². The van der Waals surface area contributed by atoms with Crippen molar-refractivity contribution in [3.63, 3.8) is 0 Å². The minimum Gasteiger partial charge on any atom is -0.368 e. The van der Waals surface area contributed by atoms with Crippen molar-refractivity contribution < 1.29 is 9.00 Å². The summed E-state index contributed by atoms with van der Waals surface area (Å²) in [6, 6.07) is -0.248. The molecule has 0 aliphatic rings. The second-order valence-corrected chi connectivity index (χ2v) is 4.65. The van der Waals surface area contributed by atoms with Crippen LogP contribution in [0.15, 0.2) is 0 Å². The van der Waals surface area contributed by atoms with Crippen molar-refractivity contribution in [3.8, 4) is 0 Å². The van der Waals surface area contributed by atoms with E-state index in [2.05, 4.69) is 5.32 Å². The smallest absolute Gasteiger partial charge is 0.234 e. The van der Waals surface area contributed by atoms with Gasteiger partial charge in [0.05, 0.1) is 6.04 Å². The lowest BCUT2D eigenvalue weighted by Gasteiger charge is -2.18. The Labute approximate surface area is 81.7 Å². The number of carbonyl (C=O) groups is 1. The molecule has 0 aromatic carbocycles. The van der Waals surface area contributed by atoms with E-state index < -0.39 is 10.8 Å². The van der Waals surface area contributed by atoms with Gasteiger partial charge in [0, 0.05) is 28.9 Å². The number of primary amides is 1. The molecule has 0 heterocycles. The van der Waals surface area contributed by atoms with E-state index in [0.29, 0.717) is 12.2 Å². The van der Waals surface area contributed by atoms with Crippen molar-refractivity contribution in [1.82, 2.24) is 5.32 Å². The Balaban J connectivity index is 3.93. The third-order valence-corrected chi connectivity index (χ3v) is 2.69. The average molecular weight is 206 g/mol. The molecule has 0 aliphatic carbocycles. The molecule has 0 spiro atoms. The first kappa shape index (κ1) is 12.6. The quantitative estimate of drug-likeness (QED) is 0.621. The van der Waals surface area contributed by atoms with Gasteiger partial charge in [-0.05, 0) is 13.3 Å². The molecule has 0 rings (SSSR count). The molecule has 13 heavy (non-hydrogen) atoms. The zero-order valence-corrected chi connectivity index (χ0v) is 9.19. The number of amides is 1. The molecule has 0 aliphatic heterocycles. The number of carbonyl (C=O) groups excluding carboxylic acids is 1. The monoisotopic (exact) mass is 206 g/mol. The Morgan fingerprint density at radius 1 is 1.62 bits per heavy atom. The molecule has 0 radical (unpaired) electrons. The Morgan fingerprint density at radius 3 is 2.46 bits per heavy atom. The first-order chi connectivity index (χ1) is 5.97. The summed E-state index contributed by atoms with van der Waals surface area (Å²) in [5.41, 5.74) is 5.15. The van der Waals surface area contributed by atoms with Gasteiger partial charge in [0.2, 0.25) is 5.91 Å². The molecule has 3 unspecified atom stereocenters. The summed E-state index contributed by atoms with van der Waals surface area (Å²) in [5, 5.41) is 3.03. The van der Waals surface area contributed by atoms with Gasteiger partial charge in [0.15, 0.2) is 0 Å². The minimum absolute atomic E-state index is 0.0586. The van der Waals surface area contributed by atoms with Crippen LogP contribution in [0, 0.1) is 0 Å². The maximum atomic E-state index is 10.8. The van der Waals surface area contributed by atoms with Crippen LogP contribution in [-0.2, 0) is 15.6 Å². The van der Waals surface area contributed by atoms with Crippen LogP contribution in [0.25, 0.3) is 0 Å². The summed E-state index contributed by atoms with van der Waals surface area (Å²) >= 11 is 0. The van der Waals surface area contributed by atoms with Crippen molar-refractivity contribution in [3.05, 3.63) is 0 Å². The van der Waals surface area contributed by atoms with Crippen molar-refractivity contribution in [1.29, 1.82) is 0 Å². The highest BCUT2D eigenvalue weighted by atomic mass is 32.2. The Kier molecular flexibility index (Phi) is 5.90. The maximum Gasteiger partial charge on any atom is 0.234 e. The Morgan fingerprint density at radius 2 is 2.15 bits per heavy atom. The average Bonchev–Trinajstić information content (AvgIpc) is 1.98. The highest BCUT2D eigenvalue weighted by Gasteiger charge is 2.15. The third-order valence-electron chi connectivity index (χ3n) is 1.72. The normalized spacial score (nSPS) is 17.8. The summed E-state index contributed by atoms with van der Waals surface area (Å²) in [6.07, 6.45) is 2.30. The summed E-state index contributed by atoms with van der Waals surface area (Å²) in [5.74, 6) is 0.195. The minimum atomic E-state index is -0.842. The van der Waals surface area contributed by atoms with Gasteiger partial charge in [-0.15, -0.1) is 0 Å². The first-order valence-electron chi connectivity index (χ1n) is 4.32. The van der Waals surface area contributed by atoms with Crippen LogP contribution in [0.1, 0.15) is 20.3 Å². The lowest BCUT2D eigenvalue weighted by Crippen LogP contribution is -2.46. The van der Waals surface area contributed by atoms with Gasteiger partial charge >= 0.3 is 0 Å². The summed E-state index contributed by atoms with van der Waals surface area (Å²) < 4.78 is 10.8. The molecule has 0 aromatic heterocycles. The number of rotatable bonds is 6. The zero-order chi connectivity index (χ0) is 10.4. The van der Waals surface area contributed by atoms with E-state index in [-0.39, 0.29) is 18.0 Å². The summed E-state index contributed by atoms with van der Waals surface area (Å²) in [7, 11) is -0.842. The standard InChI is InChI=1S/C8H18N2O2S/c1-4-7(8(9)11)10-6(2)5-13(3)12/h6-7,10H,4-5H2,1-3H3,(H2,9,11). The fraction of sp³-hybridized carbons (Fsp3) is 0.875. The second kappa shape index (κ2) is 6.10. The molecule has 0 saturated heterocycles. The van der Waals surface area contributed by atoms with E-state index in [9.17, 15) is 9.00 Å². The van der Waals surface area contributed by atoms with Gasteiger partial charge in [-0.25, -0.2) is 0 Å². The van der Waals surface area contributed by atoms with Gasteiger partial charge in [0.25, 0.3) is 0 Å². The topological polar surface area (TPSA) is 72.2 Å². The van der Waals surface area contributed by atoms with Crippen LogP contribution in [0.5, 0.6) is 0 Å². The molecule has 0 bridgehead atoms. The van der Waals surface area contributed by atoms with Crippen LogP contribution >= 0.6 is 0 Å². The lowest BCUT2D eigenvalue weighted by molar-refractivity contribution is -0.120. The van der Waals surface area contributed by atoms with Gasteiger partial charge in [-0.1, -0.05) is 6.92 Å². The van der Waals surface area contributed by atoms with Crippen molar-refractivity contribution >= 4 is 16.7 Å². The second-order valence-electron chi connectivity index (χ2n) is 3.17. The van der Waals surface area contributed by atoms with Crippen LogP contribution < -0.4 is 11.1 Å². The molecule has 3 atom stereocenters. The fourth-order valence-corrected chi connectivity index (χ4v) is 1.95.